The van der Waals surface area contributed by atoms with Crippen LogP contribution >= 0.6 is 0 Å². The fraction of sp³-hybridized carbons (Fsp3) is 0.643. The summed E-state index contributed by atoms with van der Waals surface area (Å²) in [5.41, 5.74) is 1.28. The van der Waals surface area contributed by atoms with Crippen LogP contribution in [0.15, 0.2) is 18.3 Å². The molecule has 1 aromatic rings. The van der Waals surface area contributed by atoms with Crippen molar-refractivity contribution in [3.05, 3.63) is 23.9 Å². The van der Waals surface area contributed by atoms with Crippen molar-refractivity contribution in [1.29, 1.82) is 0 Å². The summed E-state index contributed by atoms with van der Waals surface area (Å²) in [4.78, 5) is 6.97. The van der Waals surface area contributed by atoms with Crippen LogP contribution in [0.3, 0.4) is 0 Å². The zero-order valence-electron chi connectivity index (χ0n) is 11.1. The van der Waals surface area contributed by atoms with Crippen molar-refractivity contribution in [2.45, 2.75) is 32.7 Å². The number of hydrogen-bond donors (Lipinski definition) is 1. The summed E-state index contributed by atoms with van der Waals surface area (Å²) in [5, 5.41) is 3.37. The smallest absolute Gasteiger partial charge is 0.131 e. The van der Waals surface area contributed by atoms with Crippen LogP contribution in [0, 0.1) is 12.8 Å². The van der Waals surface area contributed by atoms with Crippen LogP contribution in [0.25, 0.3) is 0 Å². The Morgan fingerprint density at radius 3 is 3.06 bits per heavy atom. The fourth-order valence-electron chi connectivity index (χ4n) is 2.65. The molecule has 2 rings (SSSR count). The van der Waals surface area contributed by atoms with Crippen molar-refractivity contribution in [3.8, 4) is 0 Å². The van der Waals surface area contributed by atoms with Gasteiger partial charge in [-0.2, -0.15) is 0 Å². The van der Waals surface area contributed by atoms with E-state index >= 15 is 0 Å². The third kappa shape index (κ3) is 2.78. The maximum atomic E-state index is 4.53. The topological polar surface area (TPSA) is 28.2 Å². The number of aromatic nitrogens is 1. The van der Waals surface area contributed by atoms with Gasteiger partial charge in [-0.25, -0.2) is 4.98 Å². The molecule has 2 unspecified atom stereocenters. The molecule has 2 atom stereocenters. The average Bonchev–Trinajstić information content (AvgIpc) is 2.38. The Kier molecular flexibility index (Phi) is 4.00. The Hall–Kier alpha value is -1.09. The molecule has 0 radical (unpaired) electrons. The van der Waals surface area contributed by atoms with Gasteiger partial charge in [-0.15, -0.1) is 0 Å². The highest BCUT2D eigenvalue weighted by Crippen LogP contribution is 2.25. The molecule has 1 N–H and O–H groups in total. The lowest BCUT2D eigenvalue weighted by molar-refractivity contribution is 0.332. The van der Waals surface area contributed by atoms with Gasteiger partial charge in [0.1, 0.15) is 5.82 Å². The van der Waals surface area contributed by atoms with E-state index < -0.39 is 0 Å². The van der Waals surface area contributed by atoms with Crippen LogP contribution in [0.5, 0.6) is 0 Å². The molecule has 1 aromatic heterocycles. The Morgan fingerprint density at radius 1 is 1.53 bits per heavy atom. The maximum Gasteiger partial charge on any atom is 0.131 e. The van der Waals surface area contributed by atoms with E-state index in [1.54, 1.807) is 0 Å². The van der Waals surface area contributed by atoms with Crippen molar-refractivity contribution in [2.24, 2.45) is 5.92 Å². The zero-order chi connectivity index (χ0) is 12.3. The SMILES string of the molecule is CNC(C)C1CCCN(c2ncccc2C)C1. The van der Waals surface area contributed by atoms with Crippen LogP contribution in [0.2, 0.25) is 0 Å². The molecule has 2 heterocycles. The second kappa shape index (κ2) is 5.50. The largest absolute Gasteiger partial charge is 0.356 e. The molecule has 1 saturated heterocycles. The normalized spacial score (nSPS) is 22.5. The van der Waals surface area contributed by atoms with Crippen molar-refractivity contribution in [1.82, 2.24) is 10.3 Å². The third-order valence-electron chi connectivity index (χ3n) is 3.90. The van der Waals surface area contributed by atoms with E-state index in [-0.39, 0.29) is 0 Å². The Labute approximate surface area is 104 Å². The van der Waals surface area contributed by atoms with Crippen LogP contribution in [0.1, 0.15) is 25.3 Å². The maximum absolute atomic E-state index is 4.53. The molecule has 0 aromatic carbocycles. The van der Waals surface area contributed by atoms with E-state index in [1.807, 2.05) is 12.3 Å². The minimum atomic E-state index is 0.585. The minimum Gasteiger partial charge on any atom is -0.356 e. The summed E-state index contributed by atoms with van der Waals surface area (Å²) in [7, 11) is 2.05. The summed E-state index contributed by atoms with van der Waals surface area (Å²) in [5.74, 6) is 1.90. The highest BCUT2D eigenvalue weighted by molar-refractivity contribution is 5.46. The van der Waals surface area contributed by atoms with E-state index in [2.05, 4.69) is 42.2 Å². The van der Waals surface area contributed by atoms with Crippen LogP contribution in [0.4, 0.5) is 5.82 Å². The van der Waals surface area contributed by atoms with Crippen molar-refractivity contribution in [3.63, 3.8) is 0 Å². The minimum absolute atomic E-state index is 0.585. The summed E-state index contributed by atoms with van der Waals surface area (Å²) >= 11 is 0. The molecule has 0 bridgehead atoms. The molecule has 3 heteroatoms. The highest BCUT2D eigenvalue weighted by Gasteiger charge is 2.24. The summed E-state index contributed by atoms with van der Waals surface area (Å²) in [6.07, 6.45) is 4.49. The molecule has 94 valence electrons. The van der Waals surface area contributed by atoms with Crippen molar-refractivity contribution < 1.29 is 0 Å². The van der Waals surface area contributed by atoms with Crippen molar-refractivity contribution in [2.75, 3.05) is 25.0 Å². The van der Waals surface area contributed by atoms with E-state index in [0.717, 1.165) is 19.0 Å². The summed E-state index contributed by atoms with van der Waals surface area (Å²) in [6.45, 7) is 6.69. The first kappa shape index (κ1) is 12.4. The van der Waals surface area contributed by atoms with Gasteiger partial charge >= 0.3 is 0 Å². The first-order chi connectivity index (χ1) is 8.22. The molecule has 0 amide bonds. The van der Waals surface area contributed by atoms with Gasteiger partial charge in [0, 0.05) is 25.3 Å². The number of hydrogen-bond acceptors (Lipinski definition) is 3. The van der Waals surface area contributed by atoms with Crippen LogP contribution in [-0.2, 0) is 0 Å². The Morgan fingerprint density at radius 2 is 2.35 bits per heavy atom. The lowest BCUT2D eigenvalue weighted by Gasteiger charge is -2.37. The molecule has 1 fully saturated rings. The van der Waals surface area contributed by atoms with Gasteiger partial charge in [-0.3, -0.25) is 0 Å². The molecule has 1 aliphatic rings. The van der Waals surface area contributed by atoms with Gasteiger partial charge in [0.25, 0.3) is 0 Å². The first-order valence-electron chi connectivity index (χ1n) is 6.56. The van der Waals surface area contributed by atoms with Gasteiger partial charge < -0.3 is 10.2 Å². The molecule has 1 aliphatic heterocycles. The molecular formula is C14H23N3. The first-order valence-corrected chi connectivity index (χ1v) is 6.56. The zero-order valence-corrected chi connectivity index (χ0v) is 11.1. The Balaban J connectivity index is 2.10. The highest BCUT2D eigenvalue weighted by atomic mass is 15.2. The quantitative estimate of drug-likeness (QED) is 0.867. The summed E-state index contributed by atoms with van der Waals surface area (Å²) < 4.78 is 0. The predicted octanol–water partition coefficient (Wildman–Crippen LogP) is 2.21. The molecular weight excluding hydrogens is 210 g/mol. The second-order valence-corrected chi connectivity index (χ2v) is 5.07. The number of piperidine rings is 1. The van der Waals surface area contributed by atoms with Gasteiger partial charge in [-0.1, -0.05) is 6.07 Å². The fourth-order valence-corrected chi connectivity index (χ4v) is 2.65. The van der Waals surface area contributed by atoms with Gasteiger partial charge in [0.05, 0.1) is 0 Å². The number of rotatable bonds is 3. The van der Waals surface area contributed by atoms with Crippen molar-refractivity contribution >= 4 is 5.82 Å². The lowest BCUT2D eigenvalue weighted by Crippen LogP contribution is -2.44. The number of aryl methyl sites for hydroxylation is 1. The molecule has 3 nitrogen and oxygen atoms in total. The average molecular weight is 233 g/mol. The number of nitrogens with zero attached hydrogens (tertiary/aromatic N) is 2. The lowest BCUT2D eigenvalue weighted by atomic mass is 9.91. The standard InChI is InChI=1S/C14H23N3/c1-11-6-4-8-16-14(11)17-9-5-7-13(10-17)12(2)15-3/h4,6,8,12-13,15H,5,7,9-10H2,1-3H3. The second-order valence-electron chi connectivity index (χ2n) is 5.07. The predicted molar refractivity (Wildman–Crippen MR) is 72.4 cm³/mol. The van der Waals surface area contributed by atoms with Crippen LogP contribution in [-0.4, -0.2) is 31.2 Å². The number of nitrogens with one attached hydrogen (secondary N) is 1. The summed E-state index contributed by atoms with van der Waals surface area (Å²) in [6, 6.07) is 4.74. The number of anilines is 1. The number of pyridine rings is 1. The van der Waals surface area contributed by atoms with E-state index in [9.17, 15) is 0 Å². The van der Waals surface area contributed by atoms with Crippen LogP contribution < -0.4 is 10.2 Å². The molecule has 0 saturated carbocycles. The molecule has 0 spiro atoms. The van der Waals surface area contributed by atoms with Gasteiger partial charge in [0.2, 0.25) is 0 Å². The van der Waals surface area contributed by atoms with Gasteiger partial charge in [-0.05, 0) is 51.3 Å². The van der Waals surface area contributed by atoms with E-state index in [4.69, 9.17) is 0 Å². The van der Waals surface area contributed by atoms with E-state index in [0.29, 0.717) is 6.04 Å². The molecule has 0 aliphatic carbocycles. The Bertz CT molecular complexity index is 364. The molecule has 17 heavy (non-hydrogen) atoms. The monoisotopic (exact) mass is 233 g/mol. The van der Waals surface area contributed by atoms with E-state index in [1.165, 1.54) is 24.2 Å². The third-order valence-corrected chi connectivity index (χ3v) is 3.90. The van der Waals surface area contributed by atoms with Gasteiger partial charge in [0.15, 0.2) is 0 Å².